The third-order valence-electron chi connectivity index (χ3n) is 5.40. The van der Waals surface area contributed by atoms with E-state index < -0.39 is 0 Å². The lowest BCUT2D eigenvalue weighted by Gasteiger charge is -2.25. The van der Waals surface area contributed by atoms with E-state index in [2.05, 4.69) is 25.7 Å². The summed E-state index contributed by atoms with van der Waals surface area (Å²) in [6.45, 7) is 13.5. The number of rotatable bonds is 10. The van der Waals surface area contributed by atoms with Crippen molar-refractivity contribution >= 4 is 32.6 Å². The Morgan fingerprint density at radius 1 is 1.06 bits per heavy atom. The summed E-state index contributed by atoms with van der Waals surface area (Å²) in [5.41, 5.74) is 2.54. The van der Waals surface area contributed by atoms with E-state index in [1.165, 1.54) is 11.3 Å². The summed E-state index contributed by atoms with van der Waals surface area (Å²) in [6, 6.07) is 11.3. The van der Waals surface area contributed by atoms with Crippen molar-refractivity contribution in [1.82, 2.24) is 9.88 Å². The molecule has 172 valence electrons. The Bertz CT molecular complexity index is 1040. The predicted octanol–water partition coefficient (Wildman–Crippen LogP) is 5.39. The number of benzene rings is 2. The number of amides is 1. The third-order valence-corrected chi connectivity index (χ3v) is 6.61. The number of methoxy groups -OCH3 is 1. The molecule has 2 aromatic carbocycles. The summed E-state index contributed by atoms with van der Waals surface area (Å²) in [7, 11) is 1.65. The van der Waals surface area contributed by atoms with Crippen molar-refractivity contribution in [2.75, 3.05) is 38.2 Å². The van der Waals surface area contributed by atoms with E-state index >= 15 is 0 Å². The Morgan fingerprint density at radius 3 is 2.34 bits per heavy atom. The standard InChI is InChI=1S/C25H33N3O3S/c1-7-27(8-2)15-16-28(24(29)19-10-12-20(13-11-19)31-17(3)4)25-26-22-21(30-6)14-9-18(5)23(22)32-25/h9-14,17H,7-8,15-16H2,1-6H3. The first-order chi connectivity index (χ1) is 15.4. The van der Waals surface area contributed by atoms with Crippen molar-refractivity contribution in [3.05, 3.63) is 47.5 Å². The zero-order chi connectivity index (χ0) is 23.3. The van der Waals surface area contributed by atoms with E-state index in [4.69, 9.17) is 14.5 Å². The van der Waals surface area contributed by atoms with Crippen LogP contribution in [0.25, 0.3) is 10.2 Å². The second-order valence-electron chi connectivity index (χ2n) is 7.93. The van der Waals surface area contributed by atoms with Gasteiger partial charge in [0.2, 0.25) is 0 Å². The molecule has 0 saturated heterocycles. The Morgan fingerprint density at radius 2 is 1.75 bits per heavy atom. The zero-order valence-corrected chi connectivity index (χ0v) is 20.7. The normalized spacial score (nSPS) is 11.4. The Hall–Kier alpha value is -2.64. The average molecular weight is 456 g/mol. The number of ether oxygens (including phenoxy) is 2. The maximum absolute atomic E-state index is 13.6. The lowest BCUT2D eigenvalue weighted by molar-refractivity contribution is 0.0983. The van der Waals surface area contributed by atoms with Crippen LogP contribution in [0, 0.1) is 6.92 Å². The van der Waals surface area contributed by atoms with Gasteiger partial charge in [0, 0.05) is 18.7 Å². The molecule has 0 radical (unpaired) electrons. The van der Waals surface area contributed by atoms with Crippen molar-refractivity contribution in [2.45, 2.75) is 40.7 Å². The molecule has 0 N–H and O–H groups in total. The molecule has 0 aliphatic heterocycles. The van der Waals surface area contributed by atoms with Crippen LogP contribution in [0.4, 0.5) is 5.13 Å². The minimum absolute atomic E-state index is 0.0658. The van der Waals surface area contributed by atoms with Gasteiger partial charge in [-0.1, -0.05) is 31.3 Å². The maximum Gasteiger partial charge on any atom is 0.260 e. The highest BCUT2D eigenvalue weighted by molar-refractivity contribution is 7.22. The molecular weight excluding hydrogens is 422 g/mol. The van der Waals surface area contributed by atoms with E-state index in [-0.39, 0.29) is 12.0 Å². The fourth-order valence-corrected chi connectivity index (χ4v) is 4.62. The van der Waals surface area contributed by atoms with Gasteiger partial charge in [0.05, 0.1) is 17.9 Å². The van der Waals surface area contributed by atoms with Gasteiger partial charge >= 0.3 is 0 Å². The smallest absolute Gasteiger partial charge is 0.260 e. The first-order valence-corrected chi connectivity index (χ1v) is 11.9. The van der Waals surface area contributed by atoms with Crippen LogP contribution in [0.3, 0.4) is 0 Å². The number of hydrogen-bond acceptors (Lipinski definition) is 6. The molecule has 1 aromatic heterocycles. The molecular formula is C25H33N3O3S. The van der Waals surface area contributed by atoms with Gasteiger partial charge < -0.3 is 14.4 Å². The molecule has 0 aliphatic rings. The quantitative estimate of drug-likeness (QED) is 0.410. The van der Waals surface area contributed by atoms with E-state index in [0.29, 0.717) is 17.2 Å². The minimum atomic E-state index is -0.0658. The number of anilines is 1. The molecule has 0 aliphatic carbocycles. The fourth-order valence-electron chi connectivity index (χ4n) is 3.55. The van der Waals surface area contributed by atoms with Crippen LogP contribution in [0.2, 0.25) is 0 Å². The topological polar surface area (TPSA) is 54.9 Å². The molecule has 32 heavy (non-hydrogen) atoms. The third kappa shape index (κ3) is 5.40. The van der Waals surface area contributed by atoms with E-state index in [1.807, 2.05) is 50.2 Å². The second-order valence-corrected chi connectivity index (χ2v) is 8.91. The summed E-state index contributed by atoms with van der Waals surface area (Å²) in [5.74, 6) is 1.41. The average Bonchev–Trinajstić information content (AvgIpc) is 3.23. The highest BCUT2D eigenvalue weighted by Crippen LogP contribution is 2.36. The van der Waals surface area contributed by atoms with Crippen molar-refractivity contribution in [3.63, 3.8) is 0 Å². The number of hydrogen-bond donors (Lipinski definition) is 0. The molecule has 0 spiro atoms. The zero-order valence-electron chi connectivity index (χ0n) is 19.8. The van der Waals surface area contributed by atoms with Gasteiger partial charge in [-0.3, -0.25) is 9.69 Å². The van der Waals surface area contributed by atoms with Crippen molar-refractivity contribution < 1.29 is 14.3 Å². The number of fused-ring (bicyclic) bond motifs is 1. The number of carbonyl (C=O) groups is 1. The molecule has 0 bridgehead atoms. The van der Waals surface area contributed by atoms with Gasteiger partial charge in [0.15, 0.2) is 5.13 Å². The molecule has 3 aromatic rings. The number of likely N-dealkylation sites (N-methyl/N-ethyl adjacent to an activating group) is 1. The molecule has 0 saturated carbocycles. The van der Waals surface area contributed by atoms with Crippen LogP contribution in [-0.2, 0) is 0 Å². The van der Waals surface area contributed by atoms with Crippen LogP contribution >= 0.6 is 11.3 Å². The monoisotopic (exact) mass is 455 g/mol. The molecule has 3 rings (SSSR count). The summed E-state index contributed by atoms with van der Waals surface area (Å²) in [6.07, 6.45) is 0.0862. The van der Waals surface area contributed by atoms with Gasteiger partial charge in [-0.2, -0.15) is 0 Å². The minimum Gasteiger partial charge on any atom is -0.494 e. The summed E-state index contributed by atoms with van der Waals surface area (Å²) >= 11 is 1.53. The van der Waals surface area contributed by atoms with Gasteiger partial charge in [0.1, 0.15) is 17.0 Å². The van der Waals surface area contributed by atoms with Gasteiger partial charge in [-0.05, 0) is 69.8 Å². The molecule has 1 amide bonds. The lowest BCUT2D eigenvalue weighted by atomic mass is 10.2. The molecule has 0 fully saturated rings. The Labute approximate surface area is 194 Å². The number of nitrogens with zero attached hydrogens (tertiary/aromatic N) is 3. The van der Waals surface area contributed by atoms with E-state index in [0.717, 1.165) is 46.9 Å². The first kappa shape index (κ1) is 24.0. The Balaban J connectivity index is 1.97. The van der Waals surface area contributed by atoms with Crippen LogP contribution in [-0.4, -0.2) is 55.2 Å². The van der Waals surface area contributed by atoms with Crippen molar-refractivity contribution in [1.29, 1.82) is 0 Å². The maximum atomic E-state index is 13.6. The molecule has 1 heterocycles. The summed E-state index contributed by atoms with van der Waals surface area (Å²) in [5, 5.41) is 0.687. The predicted molar refractivity (Wildman–Crippen MR) is 133 cm³/mol. The van der Waals surface area contributed by atoms with Crippen LogP contribution < -0.4 is 14.4 Å². The number of aromatic nitrogens is 1. The summed E-state index contributed by atoms with van der Waals surface area (Å²) in [4.78, 5) is 22.5. The van der Waals surface area contributed by atoms with E-state index in [9.17, 15) is 4.79 Å². The van der Waals surface area contributed by atoms with Crippen molar-refractivity contribution in [3.8, 4) is 11.5 Å². The summed E-state index contributed by atoms with van der Waals surface area (Å²) < 4.78 is 12.3. The largest absolute Gasteiger partial charge is 0.494 e. The molecule has 6 nitrogen and oxygen atoms in total. The SMILES string of the molecule is CCN(CC)CCN(C(=O)c1ccc(OC(C)C)cc1)c1nc2c(OC)ccc(C)c2s1. The van der Waals surface area contributed by atoms with Crippen molar-refractivity contribution in [2.24, 2.45) is 0 Å². The lowest BCUT2D eigenvalue weighted by Crippen LogP contribution is -2.38. The van der Waals surface area contributed by atoms with Crippen LogP contribution in [0.5, 0.6) is 11.5 Å². The number of thiazole rings is 1. The first-order valence-electron chi connectivity index (χ1n) is 11.1. The van der Waals surface area contributed by atoms with E-state index in [1.54, 1.807) is 12.0 Å². The Kier molecular flexibility index (Phi) is 8.10. The molecule has 0 atom stereocenters. The highest BCUT2D eigenvalue weighted by Gasteiger charge is 2.23. The van der Waals surface area contributed by atoms with Gasteiger partial charge in [-0.25, -0.2) is 4.98 Å². The van der Waals surface area contributed by atoms with Gasteiger partial charge in [0.25, 0.3) is 5.91 Å². The van der Waals surface area contributed by atoms with Crippen LogP contribution in [0.1, 0.15) is 43.6 Å². The number of aryl methyl sites for hydroxylation is 1. The van der Waals surface area contributed by atoms with Gasteiger partial charge in [-0.15, -0.1) is 0 Å². The molecule has 0 unspecified atom stereocenters. The van der Waals surface area contributed by atoms with Crippen LogP contribution in [0.15, 0.2) is 36.4 Å². The second kappa shape index (κ2) is 10.8. The highest BCUT2D eigenvalue weighted by atomic mass is 32.1. The fraction of sp³-hybridized carbons (Fsp3) is 0.440. The molecule has 7 heteroatoms. The number of carbonyl (C=O) groups excluding carboxylic acids is 1.